The Balaban J connectivity index is 1.61. The lowest BCUT2D eigenvalue weighted by Gasteiger charge is -2.08. The first kappa shape index (κ1) is 19.0. The minimum Gasteiger partial charge on any atom is -0.489 e. The van der Waals surface area contributed by atoms with E-state index in [9.17, 15) is 9.59 Å². The number of carboxylic acid groups (broad SMARTS) is 1. The minimum absolute atomic E-state index is 0.0797. The van der Waals surface area contributed by atoms with Crippen LogP contribution in [-0.4, -0.2) is 22.3 Å². The van der Waals surface area contributed by atoms with Gasteiger partial charge in [0.15, 0.2) is 12.4 Å². The molecular formula is C20H18N2O6. The number of carbonyl (C=O) groups excluding carboxylic acids is 1. The maximum Gasteiger partial charge on any atom is 0.404 e. The van der Waals surface area contributed by atoms with Gasteiger partial charge in [0, 0.05) is 11.6 Å². The number of hydrogen-bond donors (Lipinski definition) is 2. The van der Waals surface area contributed by atoms with E-state index >= 15 is 0 Å². The normalized spacial score (nSPS) is 10.5. The molecule has 1 amide bonds. The van der Waals surface area contributed by atoms with Crippen molar-refractivity contribution >= 4 is 12.1 Å². The van der Waals surface area contributed by atoms with Gasteiger partial charge >= 0.3 is 12.1 Å². The Morgan fingerprint density at radius 2 is 1.86 bits per heavy atom. The summed E-state index contributed by atoms with van der Waals surface area (Å²) in [6.45, 7) is 1.99. The second kappa shape index (κ2) is 8.26. The smallest absolute Gasteiger partial charge is 0.404 e. The van der Waals surface area contributed by atoms with Gasteiger partial charge in [0.05, 0.1) is 5.56 Å². The Hall–Kier alpha value is -3.81. The molecule has 1 aromatic heterocycles. The van der Waals surface area contributed by atoms with Gasteiger partial charge in [-0.2, -0.15) is 0 Å². The molecule has 3 N–H and O–H groups in total. The molecule has 2 aromatic carbocycles. The van der Waals surface area contributed by atoms with Crippen LogP contribution in [0.25, 0.3) is 11.3 Å². The highest BCUT2D eigenvalue weighted by Crippen LogP contribution is 2.23. The lowest BCUT2D eigenvalue weighted by molar-refractivity contribution is 0.0696. The molecule has 8 nitrogen and oxygen atoms in total. The van der Waals surface area contributed by atoms with Crippen molar-refractivity contribution in [3.63, 3.8) is 0 Å². The molecule has 3 aromatic rings. The summed E-state index contributed by atoms with van der Waals surface area (Å²) in [5.41, 5.74) is 8.15. The predicted octanol–water partition coefficient (Wildman–Crippen LogP) is 3.52. The zero-order valence-electron chi connectivity index (χ0n) is 15.0. The van der Waals surface area contributed by atoms with Crippen molar-refractivity contribution in [2.45, 2.75) is 20.1 Å². The van der Waals surface area contributed by atoms with Gasteiger partial charge in [-0.15, -0.1) is 0 Å². The lowest BCUT2D eigenvalue weighted by Crippen LogP contribution is -2.12. The number of hydrogen-bond acceptors (Lipinski definition) is 6. The van der Waals surface area contributed by atoms with Gasteiger partial charge in [0.1, 0.15) is 18.1 Å². The summed E-state index contributed by atoms with van der Waals surface area (Å²) in [4.78, 5) is 21.7. The highest BCUT2D eigenvalue weighted by atomic mass is 16.6. The first-order chi connectivity index (χ1) is 13.4. The SMILES string of the molecule is Cc1cc(COc2ccc(-c3cc(COC(N)=O)on3)cc2)ccc1C(=O)O. The summed E-state index contributed by atoms with van der Waals surface area (Å²) in [5.74, 6) is 0.0940. The second-order valence-electron chi connectivity index (χ2n) is 6.05. The molecule has 0 unspecified atom stereocenters. The molecule has 28 heavy (non-hydrogen) atoms. The predicted molar refractivity (Wildman–Crippen MR) is 98.8 cm³/mol. The molecule has 0 bridgehead atoms. The minimum atomic E-state index is -0.947. The van der Waals surface area contributed by atoms with Crippen molar-refractivity contribution in [3.05, 3.63) is 71.0 Å². The number of nitrogens with zero attached hydrogens (tertiary/aromatic N) is 1. The zero-order valence-corrected chi connectivity index (χ0v) is 15.0. The number of aryl methyl sites for hydroxylation is 1. The molecule has 1 heterocycles. The molecule has 144 valence electrons. The van der Waals surface area contributed by atoms with Crippen LogP contribution in [0, 0.1) is 6.92 Å². The Kier molecular flexibility index (Phi) is 5.59. The van der Waals surface area contributed by atoms with Crippen molar-refractivity contribution in [1.29, 1.82) is 0 Å². The molecule has 0 saturated heterocycles. The van der Waals surface area contributed by atoms with E-state index in [4.69, 9.17) is 20.1 Å². The highest BCUT2D eigenvalue weighted by Gasteiger charge is 2.09. The van der Waals surface area contributed by atoms with Crippen LogP contribution in [0.2, 0.25) is 0 Å². The van der Waals surface area contributed by atoms with Crippen LogP contribution in [0.15, 0.2) is 53.1 Å². The van der Waals surface area contributed by atoms with Crippen LogP contribution in [0.5, 0.6) is 5.75 Å². The number of aromatic nitrogens is 1. The zero-order chi connectivity index (χ0) is 20.1. The first-order valence-electron chi connectivity index (χ1n) is 8.36. The molecule has 0 aliphatic carbocycles. The monoisotopic (exact) mass is 382 g/mol. The van der Waals surface area contributed by atoms with Crippen LogP contribution in [0.4, 0.5) is 4.79 Å². The molecule has 0 radical (unpaired) electrons. The van der Waals surface area contributed by atoms with Crippen molar-refractivity contribution in [1.82, 2.24) is 5.16 Å². The Bertz CT molecular complexity index is 994. The molecule has 3 rings (SSSR count). The van der Waals surface area contributed by atoms with Crippen LogP contribution in [0.3, 0.4) is 0 Å². The lowest BCUT2D eigenvalue weighted by atomic mass is 10.1. The van der Waals surface area contributed by atoms with E-state index in [-0.39, 0.29) is 12.2 Å². The van der Waals surface area contributed by atoms with Gasteiger partial charge in [0.25, 0.3) is 0 Å². The Labute approximate surface area is 160 Å². The number of amides is 1. The topological polar surface area (TPSA) is 125 Å². The first-order valence-corrected chi connectivity index (χ1v) is 8.36. The number of aromatic carboxylic acids is 1. The number of rotatable bonds is 7. The summed E-state index contributed by atoms with van der Waals surface area (Å²) < 4.78 is 15.5. The van der Waals surface area contributed by atoms with Gasteiger partial charge in [-0.05, 0) is 48.4 Å². The van der Waals surface area contributed by atoms with E-state index in [1.807, 2.05) is 12.1 Å². The molecule has 8 heteroatoms. The van der Waals surface area contributed by atoms with E-state index in [0.717, 1.165) is 11.1 Å². The van der Waals surface area contributed by atoms with Crippen molar-refractivity contribution < 1.29 is 28.7 Å². The van der Waals surface area contributed by atoms with Crippen LogP contribution >= 0.6 is 0 Å². The van der Waals surface area contributed by atoms with Crippen LogP contribution in [0.1, 0.15) is 27.2 Å². The van der Waals surface area contributed by atoms with Gasteiger partial charge < -0.3 is 24.8 Å². The van der Waals surface area contributed by atoms with Gasteiger partial charge in [-0.1, -0.05) is 17.3 Å². The fourth-order valence-corrected chi connectivity index (χ4v) is 2.60. The van der Waals surface area contributed by atoms with Crippen molar-refractivity contribution in [3.8, 4) is 17.0 Å². The van der Waals surface area contributed by atoms with Crippen molar-refractivity contribution in [2.75, 3.05) is 0 Å². The third-order valence-corrected chi connectivity index (χ3v) is 3.99. The van der Waals surface area contributed by atoms with E-state index < -0.39 is 12.1 Å². The molecule has 0 spiro atoms. The number of ether oxygens (including phenoxy) is 2. The maximum absolute atomic E-state index is 11.1. The molecule has 0 atom stereocenters. The molecule has 0 aliphatic rings. The third kappa shape index (κ3) is 4.67. The number of benzene rings is 2. The average Bonchev–Trinajstić information content (AvgIpc) is 3.14. The molecule has 0 fully saturated rings. The Morgan fingerprint density at radius 3 is 2.50 bits per heavy atom. The highest BCUT2D eigenvalue weighted by molar-refractivity contribution is 5.89. The molecular weight excluding hydrogens is 364 g/mol. The van der Waals surface area contributed by atoms with Crippen LogP contribution in [-0.2, 0) is 18.0 Å². The Morgan fingerprint density at radius 1 is 1.11 bits per heavy atom. The molecule has 0 aliphatic heterocycles. The number of primary amides is 1. The third-order valence-electron chi connectivity index (χ3n) is 3.99. The number of nitrogens with two attached hydrogens (primary N) is 1. The molecule has 0 saturated carbocycles. The van der Waals surface area contributed by atoms with Gasteiger partial charge in [-0.3, -0.25) is 0 Å². The van der Waals surface area contributed by atoms with Crippen molar-refractivity contribution in [2.24, 2.45) is 5.73 Å². The number of carboxylic acids is 1. The summed E-state index contributed by atoms with van der Waals surface area (Å²) in [7, 11) is 0. The van der Waals surface area contributed by atoms with Gasteiger partial charge in [-0.25, -0.2) is 9.59 Å². The number of carbonyl (C=O) groups is 2. The van der Waals surface area contributed by atoms with E-state index in [1.165, 1.54) is 0 Å². The fraction of sp³-hybridized carbons (Fsp3) is 0.150. The summed E-state index contributed by atoms with van der Waals surface area (Å²) in [6, 6.07) is 14.0. The summed E-state index contributed by atoms with van der Waals surface area (Å²) in [6.07, 6.45) is -0.882. The largest absolute Gasteiger partial charge is 0.489 e. The quantitative estimate of drug-likeness (QED) is 0.640. The summed E-state index contributed by atoms with van der Waals surface area (Å²) >= 11 is 0. The maximum atomic E-state index is 11.1. The summed E-state index contributed by atoms with van der Waals surface area (Å²) in [5, 5.41) is 13.0. The van der Waals surface area contributed by atoms with E-state index in [0.29, 0.717) is 29.4 Å². The van der Waals surface area contributed by atoms with Gasteiger partial charge in [0.2, 0.25) is 0 Å². The second-order valence-corrected chi connectivity index (χ2v) is 6.05. The standard InChI is InChI=1S/C20H18N2O6/c1-12-8-13(2-7-17(12)19(23)24)10-26-15-5-3-14(4-6-15)18-9-16(28-22-18)11-27-20(21)25/h2-9H,10-11H2,1H3,(H2,21,25)(H,23,24). The fourth-order valence-electron chi connectivity index (χ4n) is 2.60. The van der Waals surface area contributed by atoms with Crippen LogP contribution < -0.4 is 10.5 Å². The van der Waals surface area contributed by atoms with E-state index in [2.05, 4.69) is 9.89 Å². The van der Waals surface area contributed by atoms with E-state index in [1.54, 1.807) is 43.3 Å². The average molecular weight is 382 g/mol.